The fourth-order valence-corrected chi connectivity index (χ4v) is 4.59. The van der Waals surface area contributed by atoms with Crippen molar-refractivity contribution < 1.29 is 13.6 Å². The summed E-state index contributed by atoms with van der Waals surface area (Å²) in [6, 6.07) is 10.8. The van der Waals surface area contributed by atoms with Crippen molar-refractivity contribution in [3.8, 4) is 0 Å². The van der Waals surface area contributed by atoms with E-state index in [0.29, 0.717) is 36.6 Å². The summed E-state index contributed by atoms with van der Waals surface area (Å²) in [5, 5.41) is 0.601. The molecule has 0 aliphatic rings. The molecule has 30 heavy (non-hydrogen) atoms. The molecule has 0 N–H and O–H groups in total. The molecule has 0 aliphatic carbocycles. The van der Waals surface area contributed by atoms with Crippen LogP contribution in [0.4, 0.5) is 13.9 Å². The number of halogens is 3. The van der Waals surface area contributed by atoms with Crippen molar-refractivity contribution >= 4 is 56.8 Å². The van der Waals surface area contributed by atoms with Gasteiger partial charge < -0.3 is 4.90 Å². The molecule has 4 nitrogen and oxygen atoms in total. The van der Waals surface area contributed by atoms with Gasteiger partial charge in [-0.2, -0.15) is 0 Å². The lowest BCUT2D eigenvalue weighted by atomic mass is 10.3. The SMILES string of the molecule is CN(C)CCN(C(=O)CCCSc1ccc(F)cc1)c1nc2ccc(F)cc2s1.Cl. The van der Waals surface area contributed by atoms with Gasteiger partial charge in [-0.25, -0.2) is 13.8 Å². The molecule has 1 heterocycles. The zero-order valence-corrected chi connectivity index (χ0v) is 19.3. The number of thioether (sulfide) groups is 1. The molecule has 0 unspecified atom stereocenters. The Balaban J connectivity index is 0.00000320. The highest BCUT2D eigenvalue weighted by Crippen LogP contribution is 2.30. The lowest BCUT2D eigenvalue weighted by Gasteiger charge is -2.22. The number of amides is 1. The largest absolute Gasteiger partial charge is 0.308 e. The van der Waals surface area contributed by atoms with E-state index in [4.69, 9.17) is 0 Å². The van der Waals surface area contributed by atoms with Gasteiger partial charge in [0.2, 0.25) is 5.91 Å². The second-order valence-electron chi connectivity index (χ2n) is 6.86. The molecule has 0 saturated carbocycles. The van der Waals surface area contributed by atoms with Crippen LogP contribution in [-0.4, -0.2) is 48.7 Å². The molecule has 3 aromatic rings. The predicted octanol–water partition coefficient (Wildman–Crippen LogP) is 5.46. The summed E-state index contributed by atoms with van der Waals surface area (Å²) in [6.45, 7) is 1.24. The van der Waals surface area contributed by atoms with Gasteiger partial charge in [0.05, 0.1) is 10.2 Å². The Kier molecular flexibility index (Phi) is 9.48. The number of carbonyl (C=O) groups is 1. The van der Waals surface area contributed by atoms with Gasteiger partial charge in [0.25, 0.3) is 0 Å². The van der Waals surface area contributed by atoms with E-state index in [0.717, 1.165) is 15.3 Å². The van der Waals surface area contributed by atoms with Crippen molar-refractivity contribution in [3.05, 3.63) is 54.1 Å². The first-order valence-electron chi connectivity index (χ1n) is 9.32. The van der Waals surface area contributed by atoms with Gasteiger partial charge in [0.15, 0.2) is 5.13 Å². The van der Waals surface area contributed by atoms with Crippen molar-refractivity contribution in [1.29, 1.82) is 0 Å². The highest BCUT2D eigenvalue weighted by atomic mass is 35.5. The first-order valence-corrected chi connectivity index (χ1v) is 11.1. The van der Waals surface area contributed by atoms with Gasteiger partial charge in [-0.15, -0.1) is 24.2 Å². The lowest BCUT2D eigenvalue weighted by molar-refractivity contribution is -0.118. The number of hydrogen-bond donors (Lipinski definition) is 0. The van der Waals surface area contributed by atoms with E-state index in [9.17, 15) is 13.6 Å². The number of likely N-dealkylation sites (N-methyl/N-ethyl adjacent to an activating group) is 1. The van der Waals surface area contributed by atoms with Crippen molar-refractivity contribution in [2.45, 2.75) is 17.7 Å². The van der Waals surface area contributed by atoms with Gasteiger partial charge in [0, 0.05) is 24.4 Å². The van der Waals surface area contributed by atoms with Crippen LogP contribution < -0.4 is 4.90 Å². The van der Waals surface area contributed by atoms with Gasteiger partial charge >= 0.3 is 0 Å². The van der Waals surface area contributed by atoms with Crippen LogP contribution in [0.15, 0.2) is 47.4 Å². The third-order valence-corrected chi connectivity index (χ3v) is 6.40. The summed E-state index contributed by atoms with van der Waals surface area (Å²) < 4.78 is 27.2. The van der Waals surface area contributed by atoms with Crippen LogP contribution in [0, 0.1) is 11.6 Å². The van der Waals surface area contributed by atoms with Crippen molar-refractivity contribution in [3.63, 3.8) is 0 Å². The van der Waals surface area contributed by atoms with Crippen LogP contribution in [0.5, 0.6) is 0 Å². The minimum Gasteiger partial charge on any atom is -0.308 e. The molecule has 0 radical (unpaired) electrons. The average Bonchev–Trinajstić information content (AvgIpc) is 3.09. The number of carbonyl (C=O) groups excluding carboxylic acids is 1. The standard InChI is InChI=1S/C21H23F2N3OS2.ClH/c1-25(2)11-12-26(21-24-18-10-7-16(23)14-19(18)29-21)20(27)4-3-13-28-17-8-5-15(22)6-9-17;/h5-10,14H,3-4,11-13H2,1-2H3;1H. The van der Waals surface area contributed by atoms with E-state index in [1.54, 1.807) is 34.9 Å². The first-order chi connectivity index (χ1) is 13.9. The number of hydrogen-bond acceptors (Lipinski definition) is 5. The molecule has 1 amide bonds. The number of thiazole rings is 1. The molecule has 0 atom stereocenters. The van der Waals surface area contributed by atoms with Crippen LogP contribution in [0.2, 0.25) is 0 Å². The highest BCUT2D eigenvalue weighted by molar-refractivity contribution is 7.99. The first kappa shape index (κ1) is 24.5. The van der Waals surface area contributed by atoms with Crippen LogP contribution >= 0.6 is 35.5 Å². The fraction of sp³-hybridized carbons (Fsp3) is 0.333. The molecule has 0 saturated heterocycles. The third-order valence-electron chi connectivity index (χ3n) is 4.26. The zero-order valence-electron chi connectivity index (χ0n) is 16.8. The molecule has 0 fully saturated rings. The number of fused-ring (bicyclic) bond motifs is 1. The molecule has 3 rings (SSSR count). The summed E-state index contributed by atoms with van der Waals surface area (Å²) in [6.07, 6.45) is 1.10. The Bertz CT molecular complexity index is 967. The highest BCUT2D eigenvalue weighted by Gasteiger charge is 2.19. The second-order valence-corrected chi connectivity index (χ2v) is 9.04. The number of benzene rings is 2. The van der Waals surface area contributed by atoms with E-state index in [2.05, 4.69) is 4.98 Å². The van der Waals surface area contributed by atoms with E-state index in [-0.39, 0.29) is 29.9 Å². The maximum Gasteiger partial charge on any atom is 0.228 e. The summed E-state index contributed by atoms with van der Waals surface area (Å²) >= 11 is 2.93. The molecule has 0 spiro atoms. The topological polar surface area (TPSA) is 36.4 Å². The maximum absolute atomic E-state index is 13.5. The molecule has 0 bridgehead atoms. The molecular weight excluding hydrogens is 448 g/mol. The molecule has 2 aromatic carbocycles. The van der Waals surface area contributed by atoms with Crippen LogP contribution in [0.25, 0.3) is 10.2 Å². The number of aromatic nitrogens is 1. The summed E-state index contributed by atoms with van der Waals surface area (Å²) in [7, 11) is 3.91. The normalized spacial score (nSPS) is 11.0. The summed E-state index contributed by atoms with van der Waals surface area (Å²) in [5.41, 5.74) is 0.695. The maximum atomic E-state index is 13.5. The van der Waals surface area contributed by atoms with E-state index < -0.39 is 0 Å². The Hall–Kier alpha value is -1.74. The van der Waals surface area contributed by atoms with Crippen LogP contribution in [-0.2, 0) is 4.79 Å². The fourth-order valence-electron chi connectivity index (χ4n) is 2.71. The number of rotatable bonds is 9. The molecule has 162 valence electrons. The Morgan fingerprint density at radius 1 is 1.07 bits per heavy atom. The molecule has 9 heteroatoms. The second kappa shape index (κ2) is 11.6. The van der Waals surface area contributed by atoms with Gasteiger partial charge in [-0.3, -0.25) is 9.69 Å². The number of anilines is 1. The van der Waals surface area contributed by atoms with Gasteiger partial charge in [-0.05, 0) is 68.7 Å². The molecule has 1 aromatic heterocycles. The van der Waals surface area contributed by atoms with Gasteiger partial charge in [-0.1, -0.05) is 11.3 Å². The van der Waals surface area contributed by atoms with Crippen molar-refractivity contribution in [2.75, 3.05) is 37.8 Å². The van der Waals surface area contributed by atoms with E-state index in [1.807, 2.05) is 19.0 Å². The van der Waals surface area contributed by atoms with Crippen molar-refractivity contribution in [2.24, 2.45) is 0 Å². The third kappa shape index (κ3) is 6.91. The van der Waals surface area contributed by atoms with E-state index in [1.165, 1.54) is 35.6 Å². The minimum absolute atomic E-state index is 0. The van der Waals surface area contributed by atoms with Crippen LogP contribution in [0.3, 0.4) is 0 Å². The number of nitrogens with zero attached hydrogens (tertiary/aromatic N) is 3. The monoisotopic (exact) mass is 471 g/mol. The quantitative estimate of drug-likeness (QED) is 0.306. The van der Waals surface area contributed by atoms with Crippen LogP contribution in [0.1, 0.15) is 12.8 Å². The Morgan fingerprint density at radius 2 is 1.77 bits per heavy atom. The molecular formula is C21H24ClF2N3OS2. The summed E-state index contributed by atoms with van der Waals surface area (Å²) in [5.74, 6) is 0.212. The zero-order chi connectivity index (χ0) is 20.8. The van der Waals surface area contributed by atoms with Gasteiger partial charge in [0.1, 0.15) is 11.6 Å². The van der Waals surface area contributed by atoms with Crippen molar-refractivity contribution in [1.82, 2.24) is 9.88 Å². The smallest absolute Gasteiger partial charge is 0.228 e. The minimum atomic E-state index is -0.309. The Labute approximate surface area is 189 Å². The average molecular weight is 472 g/mol. The molecule has 0 aliphatic heterocycles. The summed E-state index contributed by atoms with van der Waals surface area (Å²) in [4.78, 5) is 22.1. The van der Waals surface area contributed by atoms with E-state index >= 15 is 0 Å². The predicted molar refractivity (Wildman–Crippen MR) is 124 cm³/mol. The lowest BCUT2D eigenvalue weighted by Crippen LogP contribution is -2.36. The Morgan fingerprint density at radius 3 is 2.47 bits per heavy atom.